The van der Waals surface area contributed by atoms with Gasteiger partial charge in [-0.05, 0) is 25.3 Å². The van der Waals surface area contributed by atoms with Crippen molar-refractivity contribution in [3.63, 3.8) is 0 Å². The van der Waals surface area contributed by atoms with Crippen molar-refractivity contribution in [1.29, 1.82) is 0 Å². The van der Waals surface area contributed by atoms with Gasteiger partial charge in [-0.3, -0.25) is 4.79 Å². The first kappa shape index (κ1) is 6.81. The van der Waals surface area contributed by atoms with E-state index < -0.39 is 0 Å². The van der Waals surface area contributed by atoms with E-state index in [2.05, 4.69) is 0 Å². The van der Waals surface area contributed by atoms with E-state index in [9.17, 15) is 4.79 Å². The molecule has 0 bridgehead atoms. The Balaban J connectivity index is 2.59. The summed E-state index contributed by atoms with van der Waals surface area (Å²) in [6.45, 7) is 0. The minimum Gasteiger partial charge on any atom is -0.295 e. The molecule has 0 saturated heterocycles. The van der Waals surface area contributed by atoms with Gasteiger partial charge in [0.15, 0.2) is 5.78 Å². The molecular formula is C7H9ClO. The molecule has 1 nitrogen and oxygen atoms in total. The molecule has 0 spiro atoms. The van der Waals surface area contributed by atoms with Gasteiger partial charge in [-0.25, -0.2) is 0 Å². The van der Waals surface area contributed by atoms with Crippen LogP contribution in [0.4, 0.5) is 0 Å². The fourth-order valence-corrected chi connectivity index (χ4v) is 1.17. The minimum atomic E-state index is 0.178. The lowest BCUT2D eigenvalue weighted by molar-refractivity contribution is -0.114. The van der Waals surface area contributed by atoms with E-state index in [0.717, 1.165) is 24.3 Å². The average Bonchev–Trinajstić information content (AvgIpc) is 1.93. The van der Waals surface area contributed by atoms with Gasteiger partial charge in [-0.2, -0.15) is 0 Å². The lowest BCUT2D eigenvalue weighted by Crippen LogP contribution is -1.88. The van der Waals surface area contributed by atoms with E-state index in [4.69, 9.17) is 11.6 Å². The van der Waals surface area contributed by atoms with Crippen LogP contribution in [-0.4, -0.2) is 5.78 Å². The lowest BCUT2D eigenvalue weighted by atomic mass is 10.2. The van der Waals surface area contributed by atoms with Gasteiger partial charge in [0, 0.05) is 11.5 Å². The highest BCUT2D eigenvalue weighted by Gasteiger charge is 2.04. The summed E-state index contributed by atoms with van der Waals surface area (Å²) in [5.74, 6) is 0.178. The Hall–Kier alpha value is -0.300. The van der Waals surface area contributed by atoms with Crippen molar-refractivity contribution in [3.8, 4) is 0 Å². The normalized spacial score (nSPS) is 21.0. The number of rotatable bonds is 0. The molecule has 9 heavy (non-hydrogen) atoms. The van der Waals surface area contributed by atoms with Gasteiger partial charge in [0.05, 0.1) is 0 Å². The van der Waals surface area contributed by atoms with Crippen LogP contribution in [-0.2, 0) is 4.79 Å². The summed E-state index contributed by atoms with van der Waals surface area (Å²) in [7, 11) is 0. The van der Waals surface area contributed by atoms with E-state index in [1.165, 1.54) is 0 Å². The number of carbonyl (C=O) groups is 1. The zero-order valence-corrected chi connectivity index (χ0v) is 5.95. The Morgan fingerprint density at radius 2 is 2.00 bits per heavy atom. The van der Waals surface area contributed by atoms with Crippen LogP contribution in [0, 0.1) is 0 Å². The fourth-order valence-electron chi connectivity index (χ4n) is 0.912. The number of hydrogen-bond acceptors (Lipinski definition) is 1. The first-order valence-electron chi connectivity index (χ1n) is 3.18. The largest absolute Gasteiger partial charge is 0.295 e. The second-order valence-electron chi connectivity index (χ2n) is 2.26. The third-order valence-corrected chi connectivity index (χ3v) is 1.70. The Morgan fingerprint density at radius 3 is 2.78 bits per heavy atom. The predicted molar refractivity (Wildman–Crippen MR) is 37.4 cm³/mol. The Kier molecular flexibility index (Phi) is 2.29. The van der Waals surface area contributed by atoms with E-state index in [-0.39, 0.29) is 5.78 Å². The predicted octanol–water partition coefficient (Wildman–Crippen LogP) is 2.25. The van der Waals surface area contributed by atoms with Crippen molar-refractivity contribution in [2.24, 2.45) is 0 Å². The molecule has 1 aliphatic rings. The zero-order chi connectivity index (χ0) is 6.69. The molecule has 0 saturated carbocycles. The third-order valence-electron chi connectivity index (χ3n) is 1.41. The monoisotopic (exact) mass is 144 g/mol. The highest BCUT2D eigenvalue weighted by Crippen LogP contribution is 2.17. The van der Waals surface area contributed by atoms with Crippen molar-refractivity contribution >= 4 is 17.4 Å². The second kappa shape index (κ2) is 3.02. The molecule has 0 heterocycles. The molecular weight excluding hydrogens is 136 g/mol. The van der Waals surface area contributed by atoms with Crippen LogP contribution in [0.1, 0.15) is 25.7 Å². The van der Waals surface area contributed by atoms with Gasteiger partial charge < -0.3 is 0 Å². The summed E-state index contributed by atoms with van der Waals surface area (Å²) >= 11 is 5.66. The topological polar surface area (TPSA) is 17.1 Å². The van der Waals surface area contributed by atoms with Crippen LogP contribution < -0.4 is 0 Å². The van der Waals surface area contributed by atoms with Crippen LogP contribution in [0.5, 0.6) is 0 Å². The lowest BCUT2D eigenvalue weighted by Gasteiger charge is -1.88. The van der Waals surface area contributed by atoms with Gasteiger partial charge in [0.25, 0.3) is 0 Å². The third kappa shape index (κ3) is 2.19. The molecule has 2 heteroatoms. The second-order valence-corrected chi connectivity index (χ2v) is 2.75. The molecule has 1 aliphatic carbocycles. The molecule has 0 N–H and O–H groups in total. The number of carbonyl (C=O) groups excluding carboxylic acids is 1. The summed E-state index contributed by atoms with van der Waals surface area (Å²) in [4.78, 5) is 10.7. The highest BCUT2D eigenvalue weighted by atomic mass is 35.5. The maximum Gasteiger partial charge on any atom is 0.156 e. The SMILES string of the molecule is O=C1C=C(Cl)CCCC1. The van der Waals surface area contributed by atoms with E-state index >= 15 is 0 Å². The molecule has 50 valence electrons. The van der Waals surface area contributed by atoms with Crippen LogP contribution in [0.2, 0.25) is 0 Å². The van der Waals surface area contributed by atoms with Gasteiger partial charge in [0.1, 0.15) is 0 Å². The smallest absolute Gasteiger partial charge is 0.156 e. The number of hydrogen-bond donors (Lipinski definition) is 0. The zero-order valence-electron chi connectivity index (χ0n) is 5.19. The molecule has 1 rings (SSSR count). The van der Waals surface area contributed by atoms with E-state index in [1.54, 1.807) is 6.08 Å². The Morgan fingerprint density at radius 1 is 1.33 bits per heavy atom. The molecule has 0 aromatic carbocycles. The molecule has 0 amide bonds. The maximum absolute atomic E-state index is 10.7. The molecule has 0 unspecified atom stereocenters. The Labute approximate surface area is 59.7 Å². The Bertz CT molecular complexity index is 149. The van der Waals surface area contributed by atoms with Crippen molar-refractivity contribution in [2.75, 3.05) is 0 Å². The van der Waals surface area contributed by atoms with Crippen molar-refractivity contribution < 1.29 is 4.79 Å². The average molecular weight is 145 g/mol. The summed E-state index contributed by atoms with van der Waals surface area (Å²) in [5.41, 5.74) is 0. The van der Waals surface area contributed by atoms with Crippen molar-refractivity contribution in [2.45, 2.75) is 25.7 Å². The standard InChI is InChI=1S/C7H9ClO/c8-6-3-1-2-4-7(9)5-6/h5H,1-4H2. The summed E-state index contributed by atoms with van der Waals surface area (Å²) in [5, 5.41) is 0.720. The van der Waals surface area contributed by atoms with Gasteiger partial charge >= 0.3 is 0 Å². The summed E-state index contributed by atoms with van der Waals surface area (Å²) in [6.07, 6.45) is 5.16. The quantitative estimate of drug-likeness (QED) is 0.510. The van der Waals surface area contributed by atoms with Crippen LogP contribution in [0.25, 0.3) is 0 Å². The molecule has 0 aromatic heterocycles. The van der Waals surface area contributed by atoms with Gasteiger partial charge in [-0.1, -0.05) is 11.6 Å². The number of ketones is 1. The minimum absolute atomic E-state index is 0.178. The molecule has 0 atom stereocenters. The molecule has 0 radical (unpaired) electrons. The summed E-state index contributed by atoms with van der Waals surface area (Å²) < 4.78 is 0. The van der Waals surface area contributed by atoms with E-state index in [0.29, 0.717) is 6.42 Å². The first-order chi connectivity index (χ1) is 4.29. The fraction of sp³-hybridized carbons (Fsp3) is 0.571. The van der Waals surface area contributed by atoms with Gasteiger partial charge in [-0.15, -0.1) is 0 Å². The van der Waals surface area contributed by atoms with Crippen LogP contribution in [0.15, 0.2) is 11.1 Å². The number of allylic oxidation sites excluding steroid dienone is 2. The van der Waals surface area contributed by atoms with Crippen molar-refractivity contribution in [3.05, 3.63) is 11.1 Å². The van der Waals surface area contributed by atoms with E-state index in [1.807, 2.05) is 0 Å². The van der Waals surface area contributed by atoms with Gasteiger partial charge in [0.2, 0.25) is 0 Å². The van der Waals surface area contributed by atoms with Crippen LogP contribution >= 0.6 is 11.6 Å². The number of halogens is 1. The molecule has 0 aromatic rings. The van der Waals surface area contributed by atoms with Crippen molar-refractivity contribution in [1.82, 2.24) is 0 Å². The highest BCUT2D eigenvalue weighted by molar-refractivity contribution is 6.31. The maximum atomic E-state index is 10.7. The molecule has 0 aliphatic heterocycles. The molecule has 0 fully saturated rings. The van der Waals surface area contributed by atoms with Crippen LogP contribution in [0.3, 0.4) is 0 Å². The first-order valence-corrected chi connectivity index (χ1v) is 3.56. The summed E-state index contributed by atoms with van der Waals surface area (Å²) in [6, 6.07) is 0.